The standard InChI is InChI=1S/C24H23FN2O5S2/c1-31-20-8-5-16(13-21(20)32-2)9-11-26-14-22-23(28)24-19(10-12-33-24)27(34(22,29)30)15-17-3-6-18(25)7-4-17/h3-8,10,12-14,26H,9,11,15H2,1-2H3/b22-14-. The number of hydrogen-bond acceptors (Lipinski definition) is 7. The number of allylic oxidation sites excluding steroid dienone is 1. The van der Waals surface area contributed by atoms with Crippen LogP contribution in [-0.4, -0.2) is 35.0 Å². The van der Waals surface area contributed by atoms with Gasteiger partial charge in [0, 0.05) is 12.7 Å². The maximum absolute atomic E-state index is 13.4. The molecule has 0 radical (unpaired) electrons. The molecule has 7 nitrogen and oxygen atoms in total. The van der Waals surface area contributed by atoms with Crippen molar-refractivity contribution in [3.63, 3.8) is 0 Å². The molecule has 1 aliphatic rings. The van der Waals surface area contributed by atoms with Crippen molar-refractivity contribution in [2.24, 2.45) is 0 Å². The summed E-state index contributed by atoms with van der Waals surface area (Å²) in [6, 6.07) is 12.7. The molecule has 2 aromatic carbocycles. The van der Waals surface area contributed by atoms with Crippen LogP contribution < -0.4 is 19.1 Å². The van der Waals surface area contributed by atoms with Crippen molar-refractivity contribution >= 4 is 32.8 Å². The molecule has 4 rings (SSSR count). The zero-order valence-electron chi connectivity index (χ0n) is 18.6. The van der Waals surface area contributed by atoms with Gasteiger partial charge in [0.05, 0.1) is 26.5 Å². The lowest BCUT2D eigenvalue weighted by Crippen LogP contribution is -2.38. The Kier molecular flexibility index (Phi) is 6.90. The molecular formula is C24H23FN2O5S2. The van der Waals surface area contributed by atoms with Crippen LogP contribution in [-0.2, 0) is 23.0 Å². The third-order valence-electron chi connectivity index (χ3n) is 5.39. The number of nitrogens with zero attached hydrogens (tertiary/aromatic N) is 1. The largest absolute Gasteiger partial charge is 0.493 e. The van der Waals surface area contributed by atoms with Gasteiger partial charge in [0.2, 0.25) is 5.78 Å². The molecule has 34 heavy (non-hydrogen) atoms. The number of ketones is 1. The minimum absolute atomic E-state index is 0.0113. The molecule has 0 aliphatic carbocycles. The minimum atomic E-state index is -4.11. The van der Waals surface area contributed by atoms with E-state index >= 15 is 0 Å². The van der Waals surface area contributed by atoms with Crippen molar-refractivity contribution in [2.45, 2.75) is 13.0 Å². The molecule has 0 atom stereocenters. The van der Waals surface area contributed by atoms with E-state index in [1.807, 2.05) is 12.1 Å². The number of halogens is 1. The lowest BCUT2D eigenvalue weighted by atomic mass is 10.1. The van der Waals surface area contributed by atoms with Crippen LogP contribution in [0.3, 0.4) is 0 Å². The number of nitrogens with one attached hydrogen (secondary N) is 1. The van der Waals surface area contributed by atoms with Crippen LogP contribution in [0.2, 0.25) is 0 Å². The number of methoxy groups -OCH3 is 2. The van der Waals surface area contributed by atoms with Gasteiger partial charge in [-0.05, 0) is 53.3 Å². The molecule has 0 unspecified atom stereocenters. The zero-order chi connectivity index (χ0) is 24.3. The Morgan fingerprint density at radius 3 is 2.44 bits per heavy atom. The molecule has 0 bridgehead atoms. The summed E-state index contributed by atoms with van der Waals surface area (Å²) in [6.07, 6.45) is 1.83. The highest BCUT2D eigenvalue weighted by Gasteiger charge is 2.41. The summed E-state index contributed by atoms with van der Waals surface area (Å²) in [4.78, 5) is 13.0. The minimum Gasteiger partial charge on any atom is -0.493 e. The van der Waals surface area contributed by atoms with E-state index in [0.29, 0.717) is 40.6 Å². The van der Waals surface area contributed by atoms with Crippen LogP contribution in [0.5, 0.6) is 11.5 Å². The van der Waals surface area contributed by atoms with Crippen molar-refractivity contribution in [1.82, 2.24) is 5.32 Å². The number of thiophene rings is 1. The first-order valence-corrected chi connectivity index (χ1v) is 12.7. The van der Waals surface area contributed by atoms with Crippen molar-refractivity contribution in [2.75, 3.05) is 25.1 Å². The number of carbonyl (C=O) groups is 1. The van der Waals surface area contributed by atoms with E-state index in [0.717, 1.165) is 5.56 Å². The number of Topliss-reactive ketones (excluding diaryl/α,β-unsaturated/α-hetero) is 1. The molecule has 1 aliphatic heterocycles. The molecule has 0 saturated heterocycles. The second kappa shape index (κ2) is 9.86. The summed E-state index contributed by atoms with van der Waals surface area (Å²) in [5, 5.41) is 4.65. The van der Waals surface area contributed by atoms with Gasteiger partial charge in [-0.15, -0.1) is 11.3 Å². The van der Waals surface area contributed by atoms with E-state index in [9.17, 15) is 17.6 Å². The summed E-state index contributed by atoms with van der Waals surface area (Å²) in [5.41, 5.74) is 1.90. The van der Waals surface area contributed by atoms with Crippen molar-refractivity contribution in [3.05, 3.63) is 86.8 Å². The van der Waals surface area contributed by atoms with Crippen LogP contribution in [0.25, 0.3) is 0 Å². The van der Waals surface area contributed by atoms with E-state index in [-0.39, 0.29) is 11.4 Å². The lowest BCUT2D eigenvalue weighted by Gasteiger charge is -2.29. The Hall–Kier alpha value is -3.37. The Morgan fingerprint density at radius 1 is 1.03 bits per heavy atom. The molecule has 0 amide bonds. The van der Waals surface area contributed by atoms with Crippen molar-refractivity contribution in [1.29, 1.82) is 0 Å². The van der Waals surface area contributed by atoms with Crippen LogP contribution in [0.1, 0.15) is 20.8 Å². The number of carbonyl (C=O) groups excluding carboxylic acids is 1. The van der Waals surface area contributed by atoms with Crippen molar-refractivity contribution < 1.29 is 27.1 Å². The van der Waals surface area contributed by atoms with E-state index in [1.165, 1.54) is 46.1 Å². The second-order valence-corrected chi connectivity index (χ2v) is 10.3. The topological polar surface area (TPSA) is 84.9 Å². The third kappa shape index (κ3) is 4.64. The van der Waals surface area contributed by atoms with Crippen LogP contribution in [0.15, 0.2) is 65.0 Å². The molecule has 3 aromatic rings. The summed E-state index contributed by atoms with van der Waals surface area (Å²) in [6.45, 7) is 0.389. The SMILES string of the molecule is COc1ccc(CCN/C=C2/C(=O)c3sccc3N(Cc3ccc(F)cc3)S2(=O)=O)cc1OC. The van der Waals surface area contributed by atoms with E-state index < -0.39 is 21.6 Å². The molecule has 178 valence electrons. The second-order valence-electron chi connectivity index (χ2n) is 7.50. The number of rotatable bonds is 8. The highest BCUT2D eigenvalue weighted by Crippen LogP contribution is 2.39. The molecule has 0 saturated carbocycles. The van der Waals surface area contributed by atoms with Crippen molar-refractivity contribution in [3.8, 4) is 11.5 Å². The first-order valence-electron chi connectivity index (χ1n) is 10.4. The predicted octanol–water partition coefficient (Wildman–Crippen LogP) is 4.11. The normalized spacial score (nSPS) is 15.8. The zero-order valence-corrected chi connectivity index (χ0v) is 20.2. The van der Waals surface area contributed by atoms with Gasteiger partial charge in [-0.2, -0.15) is 0 Å². The van der Waals surface area contributed by atoms with Gasteiger partial charge in [0.25, 0.3) is 10.0 Å². The maximum atomic E-state index is 13.4. The quantitative estimate of drug-likeness (QED) is 0.369. The number of benzene rings is 2. The summed E-state index contributed by atoms with van der Waals surface area (Å²) >= 11 is 1.19. The van der Waals surface area contributed by atoms with Gasteiger partial charge in [-0.25, -0.2) is 12.8 Å². The average molecular weight is 503 g/mol. The van der Waals surface area contributed by atoms with Gasteiger partial charge in [-0.3, -0.25) is 9.10 Å². The Labute approximate surface area is 201 Å². The number of fused-ring (bicyclic) bond motifs is 1. The van der Waals surface area contributed by atoms with Gasteiger partial charge < -0.3 is 14.8 Å². The van der Waals surface area contributed by atoms with E-state index in [2.05, 4.69) is 5.32 Å². The molecule has 0 spiro atoms. The lowest BCUT2D eigenvalue weighted by molar-refractivity contribution is 0.104. The molecular weight excluding hydrogens is 479 g/mol. The Morgan fingerprint density at radius 2 is 1.74 bits per heavy atom. The Balaban J connectivity index is 1.54. The van der Waals surface area contributed by atoms with E-state index in [4.69, 9.17) is 9.47 Å². The number of hydrogen-bond donors (Lipinski definition) is 1. The highest BCUT2D eigenvalue weighted by molar-refractivity contribution is 7.97. The summed E-state index contributed by atoms with van der Waals surface area (Å²) in [7, 11) is -0.994. The number of anilines is 1. The fraction of sp³-hybridized carbons (Fsp3) is 0.208. The first kappa shape index (κ1) is 23.8. The molecule has 2 heterocycles. The van der Waals surface area contributed by atoms with Gasteiger partial charge in [-0.1, -0.05) is 18.2 Å². The van der Waals surface area contributed by atoms with Gasteiger partial charge in [0.1, 0.15) is 10.7 Å². The van der Waals surface area contributed by atoms with Gasteiger partial charge in [0.15, 0.2) is 16.4 Å². The van der Waals surface area contributed by atoms with Crippen LogP contribution in [0.4, 0.5) is 10.1 Å². The highest BCUT2D eigenvalue weighted by atomic mass is 32.2. The van der Waals surface area contributed by atoms with Crippen LogP contribution >= 0.6 is 11.3 Å². The fourth-order valence-electron chi connectivity index (χ4n) is 3.63. The van der Waals surface area contributed by atoms with Gasteiger partial charge >= 0.3 is 0 Å². The first-order chi connectivity index (χ1) is 16.3. The summed E-state index contributed by atoms with van der Waals surface area (Å²) in [5.74, 6) is 0.271. The Bertz CT molecular complexity index is 1330. The van der Waals surface area contributed by atoms with Crippen LogP contribution in [0, 0.1) is 5.82 Å². The molecule has 0 fully saturated rings. The third-order valence-corrected chi connectivity index (χ3v) is 8.06. The molecule has 1 aromatic heterocycles. The predicted molar refractivity (Wildman–Crippen MR) is 129 cm³/mol. The summed E-state index contributed by atoms with van der Waals surface area (Å²) < 4.78 is 51.8. The number of sulfonamides is 1. The smallest absolute Gasteiger partial charge is 0.270 e. The number of ether oxygens (including phenoxy) is 2. The monoisotopic (exact) mass is 502 g/mol. The fourth-order valence-corrected chi connectivity index (χ4v) is 6.14. The average Bonchev–Trinajstić information content (AvgIpc) is 3.32. The molecule has 1 N–H and O–H groups in total. The maximum Gasteiger partial charge on any atom is 0.270 e. The van der Waals surface area contributed by atoms with E-state index in [1.54, 1.807) is 31.7 Å². The molecule has 10 heteroatoms.